The molecule has 3 aliphatic rings. The number of benzene rings is 1. The maximum atomic E-state index is 5.94. The maximum absolute atomic E-state index is 5.94. The molecule has 4 unspecified atom stereocenters. The van der Waals surface area contributed by atoms with Crippen molar-refractivity contribution in [2.75, 3.05) is 26.2 Å². The molecule has 1 aromatic carbocycles. The molecule has 1 aliphatic carbocycles. The molecule has 5 heteroatoms. The summed E-state index contributed by atoms with van der Waals surface area (Å²) in [6, 6.07) is 11.7. The highest BCUT2D eigenvalue weighted by Gasteiger charge is 2.59. The third kappa shape index (κ3) is 3.85. The summed E-state index contributed by atoms with van der Waals surface area (Å²) in [5, 5.41) is 7.45. The van der Waals surface area contributed by atoms with Crippen LogP contribution in [-0.2, 0) is 11.3 Å². The topological polar surface area (TPSA) is 48.9 Å². The number of nitrogens with zero attached hydrogens (tertiary/aromatic N) is 2. The fourth-order valence-corrected chi connectivity index (χ4v) is 5.18. The minimum Gasteiger partial charge on any atom is -0.377 e. The van der Waals surface area contributed by atoms with Crippen LogP contribution in [0.5, 0.6) is 0 Å². The van der Waals surface area contributed by atoms with Crippen LogP contribution >= 0.6 is 0 Å². The number of guanidine groups is 1. The molecule has 27 heavy (non-hydrogen) atoms. The molecule has 0 aromatic heterocycles. The fraction of sp³-hybridized carbons (Fsp3) is 0.682. The first-order valence-electron chi connectivity index (χ1n) is 10.5. The van der Waals surface area contributed by atoms with Gasteiger partial charge in [-0.15, -0.1) is 0 Å². The van der Waals surface area contributed by atoms with Crippen molar-refractivity contribution < 1.29 is 4.74 Å². The molecule has 0 spiro atoms. The van der Waals surface area contributed by atoms with Crippen LogP contribution < -0.4 is 10.6 Å². The minimum absolute atomic E-state index is 0.173. The molecular formula is C22H34N4O. The Morgan fingerprint density at radius 3 is 2.81 bits per heavy atom. The number of hydrogen-bond donors (Lipinski definition) is 2. The van der Waals surface area contributed by atoms with E-state index in [1.165, 1.54) is 18.4 Å². The Balaban J connectivity index is 1.32. The zero-order valence-electron chi connectivity index (χ0n) is 16.9. The van der Waals surface area contributed by atoms with E-state index >= 15 is 0 Å². The first-order valence-corrected chi connectivity index (χ1v) is 10.5. The van der Waals surface area contributed by atoms with Crippen molar-refractivity contribution in [2.24, 2.45) is 16.3 Å². The number of rotatable bonds is 5. The van der Waals surface area contributed by atoms with Crippen molar-refractivity contribution in [1.29, 1.82) is 0 Å². The van der Waals surface area contributed by atoms with Gasteiger partial charge in [-0.3, -0.25) is 9.89 Å². The molecule has 0 radical (unpaired) electrons. The Morgan fingerprint density at radius 1 is 1.22 bits per heavy atom. The second-order valence-electron chi connectivity index (χ2n) is 8.86. The van der Waals surface area contributed by atoms with Crippen molar-refractivity contribution in [2.45, 2.75) is 58.3 Å². The number of aliphatic imine (C=N–C) groups is 1. The lowest BCUT2D eigenvalue weighted by molar-refractivity contribution is -0.106. The second kappa shape index (κ2) is 7.80. The standard InChI is InChI=1S/C22H34N4O/c1-4-23-21(25-19-18-11-13-27-20(18)22(19,2)3)24-17-10-12-26(15-17)14-16-8-6-5-7-9-16/h5-9,17-20H,4,10-15H2,1-3H3,(H2,23,24,25). The van der Waals surface area contributed by atoms with Gasteiger partial charge < -0.3 is 15.4 Å². The molecule has 1 aromatic rings. The average Bonchev–Trinajstić information content (AvgIpc) is 3.29. The molecular weight excluding hydrogens is 336 g/mol. The molecule has 3 fully saturated rings. The minimum atomic E-state index is 0.173. The molecule has 4 atom stereocenters. The van der Waals surface area contributed by atoms with Gasteiger partial charge in [0.1, 0.15) is 0 Å². The van der Waals surface area contributed by atoms with Crippen molar-refractivity contribution >= 4 is 5.96 Å². The highest BCUT2D eigenvalue weighted by atomic mass is 16.5. The Kier molecular flexibility index (Phi) is 5.42. The number of fused-ring (bicyclic) bond motifs is 1. The van der Waals surface area contributed by atoms with Crippen molar-refractivity contribution in [3.63, 3.8) is 0 Å². The van der Waals surface area contributed by atoms with Crippen LogP contribution in [0.3, 0.4) is 0 Å². The van der Waals surface area contributed by atoms with Gasteiger partial charge in [0.05, 0.1) is 6.10 Å². The lowest BCUT2D eigenvalue weighted by Crippen LogP contribution is -2.68. The molecule has 148 valence electrons. The predicted molar refractivity (Wildman–Crippen MR) is 110 cm³/mol. The molecule has 0 bridgehead atoms. The van der Waals surface area contributed by atoms with Crippen LogP contribution in [0.2, 0.25) is 0 Å². The number of ether oxygens (including phenoxy) is 1. The van der Waals surface area contributed by atoms with E-state index in [2.05, 4.69) is 66.6 Å². The number of likely N-dealkylation sites (tertiary alicyclic amines) is 1. The molecule has 5 nitrogen and oxygen atoms in total. The van der Waals surface area contributed by atoms with Gasteiger partial charge in [0, 0.05) is 56.2 Å². The summed E-state index contributed by atoms with van der Waals surface area (Å²) in [6.07, 6.45) is 2.74. The molecule has 2 heterocycles. The van der Waals surface area contributed by atoms with Crippen LogP contribution in [0.15, 0.2) is 35.3 Å². The summed E-state index contributed by atoms with van der Waals surface area (Å²) in [6.45, 7) is 11.7. The summed E-state index contributed by atoms with van der Waals surface area (Å²) >= 11 is 0. The monoisotopic (exact) mass is 370 g/mol. The highest BCUT2D eigenvalue weighted by molar-refractivity contribution is 5.80. The smallest absolute Gasteiger partial charge is 0.191 e. The van der Waals surface area contributed by atoms with Crippen molar-refractivity contribution in [1.82, 2.24) is 15.5 Å². The van der Waals surface area contributed by atoms with E-state index in [4.69, 9.17) is 9.73 Å². The summed E-state index contributed by atoms with van der Waals surface area (Å²) in [5.74, 6) is 1.61. The lowest BCUT2D eigenvalue weighted by atomic mass is 9.57. The zero-order chi connectivity index (χ0) is 18.9. The van der Waals surface area contributed by atoms with Crippen LogP contribution in [0.25, 0.3) is 0 Å². The highest BCUT2D eigenvalue weighted by Crippen LogP contribution is 2.52. The van der Waals surface area contributed by atoms with Crippen LogP contribution in [0.1, 0.15) is 39.2 Å². The van der Waals surface area contributed by atoms with Gasteiger partial charge in [-0.05, 0) is 25.3 Å². The average molecular weight is 371 g/mol. The molecule has 2 saturated heterocycles. The Hall–Kier alpha value is -1.59. The van der Waals surface area contributed by atoms with Crippen molar-refractivity contribution in [3.05, 3.63) is 35.9 Å². The zero-order valence-corrected chi connectivity index (χ0v) is 16.9. The third-order valence-corrected chi connectivity index (χ3v) is 6.57. The van der Waals surface area contributed by atoms with E-state index in [0.717, 1.165) is 38.7 Å². The SMILES string of the molecule is CCN=C(NC1CCN(Cc2ccccc2)C1)NC1C2CCOC2C1(C)C. The van der Waals surface area contributed by atoms with Crippen LogP contribution in [0.4, 0.5) is 0 Å². The van der Waals surface area contributed by atoms with E-state index in [0.29, 0.717) is 24.1 Å². The van der Waals surface area contributed by atoms with Gasteiger partial charge in [-0.25, -0.2) is 0 Å². The van der Waals surface area contributed by atoms with E-state index in [1.54, 1.807) is 0 Å². The molecule has 4 rings (SSSR count). The second-order valence-corrected chi connectivity index (χ2v) is 8.86. The van der Waals surface area contributed by atoms with E-state index in [9.17, 15) is 0 Å². The molecule has 0 amide bonds. The first-order chi connectivity index (χ1) is 13.1. The van der Waals surface area contributed by atoms with E-state index < -0.39 is 0 Å². The molecule has 2 N–H and O–H groups in total. The molecule has 1 saturated carbocycles. The Bertz CT molecular complexity index is 660. The fourth-order valence-electron chi connectivity index (χ4n) is 5.18. The van der Waals surface area contributed by atoms with Crippen LogP contribution in [0, 0.1) is 11.3 Å². The Labute approximate surface area is 163 Å². The van der Waals surface area contributed by atoms with Gasteiger partial charge in [-0.2, -0.15) is 0 Å². The summed E-state index contributed by atoms with van der Waals surface area (Å²) in [5.41, 5.74) is 1.56. The van der Waals surface area contributed by atoms with E-state index in [-0.39, 0.29) is 5.41 Å². The van der Waals surface area contributed by atoms with Gasteiger partial charge in [0.15, 0.2) is 5.96 Å². The summed E-state index contributed by atoms with van der Waals surface area (Å²) < 4.78 is 5.94. The largest absolute Gasteiger partial charge is 0.377 e. The van der Waals surface area contributed by atoms with Crippen molar-refractivity contribution in [3.8, 4) is 0 Å². The van der Waals surface area contributed by atoms with Gasteiger partial charge in [0.2, 0.25) is 0 Å². The van der Waals surface area contributed by atoms with E-state index in [1.807, 2.05) is 0 Å². The Morgan fingerprint density at radius 2 is 2.04 bits per heavy atom. The molecule has 2 aliphatic heterocycles. The van der Waals surface area contributed by atoms with Gasteiger partial charge in [-0.1, -0.05) is 44.2 Å². The number of nitrogens with one attached hydrogen (secondary N) is 2. The number of hydrogen-bond acceptors (Lipinski definition) is 3. The normalized spacial score (nSPS) is 32.8. The quantitative estimate of drug-likeness (QED) is 0.618. The maximum Gasteiger partial charge on any atom is 0.191 e. The first kappa shape index (κ1) is 18.8. The lowest BCUT2D eigenvalue weighted by Gasteiger charge is -2.55. The van der Waals surface area contributed by atoms with Gasteiger partial charge in [0.25, 0.3) is 0 Å². The predicted octanol–water partition coefficient (Wildman–Crippen LogP) is 2.63. The summed E-state index contributed by atoms with van der Waals surface area (Å²) in [4.78, 5) is 7.27. The van der Waals surface area contributed by atoms with Gasteiger partial charge >= 0.3 is 0 Å². The third-order valence-electron chi connectivity index (χ3n) is 6.57. The van der Waals surface area contributed by atoms with Crippen LogP contribution in [-0.4, -0.2) is 55.3 Å². The summed E-state index contributed by atoms with van der Waals surface area (Å²) in [7, 11) is 0.